The van der Waals surface area contributed by atoms with Crippen LogP contribution in [0.2, 0.25) is 0 Å². The molecule has 1 aliphatic heterocycles. The molecule has 0 unspecified atom stereocenters. The Morgan fingerprint density at radius 2 is 2.13 bits per heavy atom. The van der Waals surface area contributed by atoms with Crippen LogP contribution in [0.25, 0.3) is 5.52 Å². The predicted molar refractivity (Wildman–Crippen MR) is 85.4 cm³/mol. The van der Waals surface area contributed by atoms with Gasteiger partial charge in [-0.05, 0) is 36.2 Å². The highest BCUT2D eigenvalue weighted by Gasteiger charge is 2.32. The molecular formula is C18H18FN3O. The van der Waals surface area contributed by atoms with E-state index in [9.17, 15) is 9.50 Å². The minimum atomic E-state index is -0.384. The Labute approximate surface area is 133 Å². The van der Waals surface area contributed by atoms with Crippen molar-refractivity contribution in [1.29, 1.82) is 0 Å². The smallest absolute Gasteiger partial charge is 0.123 e. The minimum absolute atomic E-state index is 0.0272. The average molecular weight is 311 g/mol. The van der Waals surface area contributed by atoms with Crippen LogP contribution in [0.15, 0.2) is 54.9 Å². The molecule has 1 aliphatic rings. The first-order chi connectivity index (χ1) is 11.2. The maximum Gasteiger partial charge on any atom is 0.123 e. The van der Waals surface area contributed by atoms with E-state index in [-0.39, 0.29) is 18.0 Å². The number of hydrogen-bond donors (Lipinski definition) is 1. The average Bonchev–Trinajstić information content (AvgIpc) is 3.12. The molecular weight excluding hydrogens is 293 g/mol. The van der Waals surface area contributed by atoms with Crippen molar-refractivity contribution in [2.24, 2.45) is 0 Å². The van der Waals surface area contributed by atoms with Crippen molar-refractivity contribution < 1.29 is 9.50 Å². The Kier molecular flexibility index (Phi) is 3.59. The molecule has 3 aromatic rings. The van der Waals surface area contributed by atoms with Crippen LogP contribution in [-0.4, -0.2) is 32.3 Å². The first-order valence-electron chi connectivity index (χ1n) is 7.79. The summed E-state index contributed by atoms with van der Waals surface area (Å²) in [6.45, 7) is 1.27. The molecule has 1 aromatic carbocycles. The second-order valence-electron chi connectivity index (χ2n) is 6.09. The Morgan fingerprint density at radius 1 is 1.22 bits per heavy atom. The number of fused-ring (bicyclic) bond motifs is 1. The molecule has 0 radical (unpaired) electrons. The van der Waals surface area contributed by atoms with Crippen LogP contribution >= 0.6 is 0 Å². The van der Waals surface area contributed by atoms with Crippen molar-refractivity contribution in [2.75, 3.05) is 6.54 Å². The van der Waals surface area contributed by atoms with Gasteiger partial charge < -0.3 is 5.11 Å². The number of likely N-dealkylation sites (tertiary alicyclic amines) is 1. The van der Waals surface area contributed by atoms with Gasteiger partial charge in [0.15, 0.2) is 0 Å². The summed E-state index contributed by atoms with van der Waals surface area (Å²) in [5, 5.41) is 14.4. The molecule has 0 spiro atoms. The molecule has 0 bridgehead atoms. The molecule has 3 heterocycles. The molecule has 2 atom stereocenters. The standard InChI is InChI=1S/C18H18FN3O/c19-15-5-3-4-13(8-15)18-9-16(23)12-21(18)11-14-10-20-22-7-2-1-6-17(14)22/h1-8,10,16,18,23H,9,11-12H2/t16-,18+/m0/s1. The van der Waals surface area contributed by atoms with Crippen LogP contribution in [0.1, 0.15) is 23.6 Å². The van der Waals surface area contributed by atoms with Crippen molar-refractivity contribution in [2.45, 2.75) is 25.1 Å². The van der Waals surface area contributed by atoms with E-state index in [0.717, 1.165) is 16.6 Å². The summed E-state index contributed by atoms with van der Waals surface area (Å²) in [7, 11) is 0. The van der Waals surface area contributed by atoms with Crippen LogP contribution in [0.5, 0.6) is 0 Å². The van der Waals surface area contributed by atoms with Crippen LogP contribution < -0.4 is 0 Å². The number of nitrogens with zero attached hydrogens (tertiary/aromatic N) is 3. The number of β-amino-alcohol motifs (C(OH)–C–C–N with tert-alkyl or cyclic N) is 1. The van der Waals surface area contributed by atoms with E-state index in [2.05, 4.69) is 10.00 Å². The van der Waals surface area contributed by atoms with E-state index in [0.29, 0.717) is 19.5 Å². The van der Waals surface area contributed by atoms with Gasteiger partial charge >= 0.3 is 0 Å². The van der Waals surface area contributed by atoms with Gasteiger partial charge in [-0.2, -0.15) is 5.10 Å². The highest BCUT2D eigenvalue weighted by atomic mass is 19.1. The summed E-state index contributed by atoms with van der Waals surface area (Å²) in [6.07, 6.45) is 4.03. The summed E-state index contributed by atoms with van der Waals surface area (Å²) < 4.78 is 15.4. The molecule has 118 valence electrons. The lowest BCUT2D eigenvalue weighted by molar-refractivity contribution is 0.173. The van der Waals surface area contributed by atoms with Gasteiger partial charge in [0, 0.05) is 30.9 Å². The van der Waals surface area contributed by atoms with E-state index in [1.807, 2.05) is 41.2 Å². The van der Waals surface area contributed by atoms with Gasteiger partial charge in [0.25, 0.3) is 0 Å². The van der Waals surface area contributed by atoms with Gasteiger partial charge in [0.1, 0.15) is 5.82 Å². The molecule has 0 amide bonds. The fraction of sp³-hybridized carbons (Fsp3) is 0.278. The maximum atomic E-state index is 13.5. The van der Waals surface area contributed by atoms with Gasteiger partial charge in [0.2, 0.25) is 0 Å². The molecule has 1 fully saturated rings. The molecule has 2 aromatic heterocycles. The zero-order chi connectivity index (χ0) is 15.8. The van der Waals surface area contributed by atoms with E-state index >= 15 is 0 Å². The minimum Gasteiger partial charge on any atom is -0.392 e. The SMILES string of the molecule is O[C@H]1C[C@H](c2cccc(F)c2)N(Cc2cnn3ccccc23)C1. The second kappa shape index (κ2) is 5.76. The monoisotopic (exact) mass is 311 g/mol. The number of rotatable bonds is 3. The third kappa shape index (κ3) is 2.73. The molecule has 23 heavy (non-hydrogen) atoms. The lowest BCUT2D eigenvalue weighted by atomic mass is 10.0. The quantitative estimate of drug-likeness (QED) is 0.808. The number of benzene rings is 1. The van der Waals surface area contributed by atoms with Gasteiger partial charge in [-0.3, -0.25) is 4.90 Å². The molecule has 4 nitrogen and oxygen atoms in total. The third-order valence-corrected chi connectivity index (χ3v) is 4.49. The normalized spacial score (nSPS) is 22.0. The number of aliphatic hydroxyl groups is 1. The Hall–Kier alpha value is -2.24. The number of aliphatic hydroxyl groups excluding tert-OH is 1. The number of hydrogen-bond acceptors (Lipinski definition) is 3. The van der Waals surface area contributed by atoms with E-state index < -0.39 is 0 Å². The van der Waals surface area contributed by atoms with E-state index in [1.165, 1.54) is 6.07 Å². The van der Waals surface area contributed by atoms with Gasteiger partial charge in [-0.25, -0.2) is 8.91 Å². The lowest BCUT2D eigenvalue weighted by Crippen LogP contribution is -2.24. The van der Waals surface area contributed by atoms with Crippen molar-refractivity contribution in [3.05, 3.63) is 71.8 Å². The molecule has 0 aliphatic carbocycles. The highest BCUT2D eigenvalue weighted by molar-refractivity contribution is 5.53. The molecule has 0 saturated carbocycles. The van der Waals surface area contributed by atoms with Crippen LogP contribution in [0.4, 0.5) is 4.39 Å². The van der Waals surface area contributed by atoms with Gasteiger partial charge in [0.05, 0.1) is 17.8 Å². The van der Waals surface area contributed by atoms with E-state index in [1.54, 1.807) is 12.1 Å². The van der Waals surface area contributed by atoms with Gasteiger partial charge in [-0.15, -0.1) is 0 Å². The summed E-state index contributed by atoms with van der Waals surface area (Å²) in [4.78, 5) is 2.20. The van der Waals surface area contributed by atoms with Crippen molar-refractivity contribution >= 4 is 5.52 Å². The number of aromatic nitrogens is 2. The fourth-order valence-corrected chi connectivity index (χ4v) is 3.44. The van der Waals surface area contributed by atoms with Crippen molar-refractivity contribution in [1.82, 2.24) is 14.5 Å². The largest absolute Gasteiger partial charge is 0.392 e. The van der Waals surface area contributed by atoms with Crippen molar-refractivity contribution in [3.63, 3.8) is 0 Å². The molecule has 4 rings (SSSR count). The van der Waals surface area contributed by atoms with Gasteiger partial charge in [-0.1, -0.05) is 18.2 Å². The first-order valence-corrected chi connectivity index (χ1v) is 7.79. The molecule has 1 saturated heterocycles. The van der Waals surface area contributed by atoms with E-state index in [4.69, 9.17) is 0 Å². The summed E-state index contributed by atoms with van der Waals surface area (Å²) in [5.41, 5.74) is 3.09. The number of pyridine rings is 1. The van der Waals surface area contributed by atoms with Crippen LogP contribution in [-0.2, 0) is 6.54 Å². The zero-order valence-electron chi connectivity index (χ0n) is 12.6. The lowest BCUT2D eigenvalue weighted by Gasteiger charge is -2.24. The maximum absolute atomic E-state index is 13.5. The number of halogens is 1. The summed E-state index contributed by atoms with van der Waals surface area (Å²) >= 11 is 0. The Bertz CT molecular complexity index is 832. The second-order valence-corrected chi connectivity index (χ2v) is 6.09. The fourth-order valence-electron chi connectivity index (χ4n) is 3.44. The third-order valence-electron chi connectivity index (χ3n) is 4.49. The summed E-state index contributed by atoms with van der Waals surface area (Å²) in [6, 6.07) is 12.7. The molecule has 5 heteroatoms. The predicted octanol–water partition coefficient (Wildman–Crippen LogP) is 2.78. The van der Waals surface area contributed by atoms with Crippen LogP contribution in [0, 0.1) is 5.82 Å². The Balaban J connectivity index is 1.64. The topological polar surface area (TPSA) is 40.8 Å². The van der Waals surface area contributed by atoms with Crippen LogP contribution in [0.3, 0.4) is 0 Å². The van der Waals surface area contributed by atoms with Crippen molar-refractivity contribution in [3.8, 4) is 0 Å². The first kappa shape index (κ1) is 14.4. The zero-order valence-corrected chi connectivity index (χ0v) is 12.6. The summed E-state index contributed by atoms with van der Waals surface area (Å²) in [5.74, 6) is -0.236. The highest BCUT2D eigenvalue weighted by Crippen LogP contribution is 2.34. The molecule has 1 N–H and O–H groups in total. The Morgan fingerprint density at radius 3 is 3.00 bits per heavy atom.